The lowest BCUT2D eigenvalue weighted by Crippen LogP contribution is -2.12. The van der Waals surface area contributed by atoms with Crippen molar-refractivity contribution in [1.82, 2.24) is 14.9 Å². The van der Waals surface area contributed by atoms with Crippen molar-refractivity contribution >= 4 is 11.6 Å². The topological polar surface area (TPSA) is 73.0 Å². The molecule has 2 aromatic heterocycles. The number of amides is 1. The van der Waals surface area contributed by atoms with Crippen molar-refractivity contribution in [2.45, 2.75) is 13.1 Å². The van der Waals surface area contributed by atoms with Gasteiger partial charge < -0.3 is 9.84 Å². The molecule has 0 saturated heterocycles. The third-order valence-electron chi connectivity index (χ3n) is 3.63. The molecule has 3 rings (SSSR count). The summed E-state index contributed by atoms with van der Waals surface area (Å²) < 4.78 is 58.3. The Balaban J connectivity index is 1.88. The molecular formula is C16H12F4N4O2. The van der Waals surface area contributed by atoms with Crippen LogP contribution in [0.2, 0.25) is 0 Å². The van der Waals surface area contributed by atoms with Gasteiger partial charge in [0, 0.05) is 23.9 Å². The molecule has 0 bridgehead atoms. The van der Waals surface area contributed by atoms with Gasteiger partial charge >= 0.3 is 6.18 Å². The van der Waals surface area contributed by atoms with Crippen molar-refractivity contribution in [3.8, 4) is 11.3 Å². The molecule has 0 unspecified atom stereocenters. The molecule has 0 fully saturated rings. The number of nitrogens with zero attached hydrogens (tertiary/aromatic N) is 3. The molecule has 1 N–H and O–H groups in total. The minimum Gasteiger partial charge on any atom is -0.351 e. The predicted molar refractivity (Wildman–Crippen MR) is 82.8 cm³/mol. The summed E-state index contributed by atoms with van der Waals surface area (Å²) in [4.78, 5) is 12.0. The number of benzene rings is 1. The first-order valence-electron chi connectivity index (χ1n) is 7.30. The summed E-state index contributed by atoms with van der Waals surface area (Å²) in [5.74, 6) is -1.45. The number of rotatable bonds is 3. The zero-order valence-corrected chi connectivity index (χ0v) is 13.6. The average molecular weight is 368 g/mol. The maximum absolute atomic E-state index is 14.4. The van der Waals surface area contributed by atoms with Gasteiger partial charge in [0.1, 0.15) is 5.82 Å². The van der Waals surface area contributed by atoms with Crippen molar-refractivity contribution in [3.63, 3.8) is 0 Å². The SMILES string of the molecule is Cc1cnoc1C(=O)Nc1ccc(-c2cc(C(F)(F)F)nn2C)c(F)c1. The summed E-state index contributed by atoms with van der Waals surface area (Å²) in [5.41, 5.74) is -0.616. The van der Waals surface area contributed by atoms with Gasteiger partial charge in [-0.2, -0.15) is 18.3 Å². The molecule has 0 spiro atoms. The van der Waals surface area contributed by atoms with Gasteiger partial charge in [0.25, 0.3) is 5.91 Å². The molecule has 26 heavy (non-hydrogen) atoms. The van der Waals surface area contributed by atoms with Crippen LogP contribution in [0.1, 0.15) is 21.8 Å². The molecule has 6 nitrogen and oxygen atoms in total. The lowest BCUT2D eigenvalue weighted by atomic mass is 10.1. The van der Waals surface area contributed by atoms with Gasteiger partial charge in [-0.1, -0.05) is 5.16 Å². The number of anilines is 1. The first-order chi connectivity index (χ1) is 12.2. The van der Waals surface area contributed by atoms with Crippen LogP contribution in [0.25, 0.3) is 11.3 Å². The second kappa shape index (κ2) is 6.28. The van der Waals surface area contributed by atoms with Crippen molar-refractivity contribution in [1.29, 1.82) is 0 Å². The minimum absolute atomic E-state index is 0.0176. The Morgan fingerprint density at radius 1 is 1.27 bits per heavy atom. The highest BCUT2D eigenvalue weighted by Gasteiger charge is 2.35. The summed E-state index contributed by atoms with van der Waals surface area (Å²) in [5, 5.41) is 9.26. The number of alkyl halides is 3. The van der Waals surface area contributed by atoms with E-state index in [4.69, 9.17) is 4.52 Å². The van der Waals surface area contributed by atoms with Gasteiger partial charge in [-0.25, -0.2) is 4.39 Å². The molecule has 0 atom stereocenters. The van der Waals surface area contributed by atoms with Crippen LogP contribution in [0, 0.1) is 12.7 Å². The number of aromatic nitrogens is 3. The molecule has 10 heteroatoms. The van der Waals surface area contributed by atoms with E-state index in [9.17, 15) is 22.4 Å². The number of hydrogen-bond acceptors (Lipinski definition) is 4. The monoisotopic (exact) mass is 368 g/mol. The van der Waals surface area contributed by atoms with Crippen LogP contribution in [-0.4, -0.2) is 20.8 Å². The van der Waals surface area contributed by atoms with Gasteiger partial charge in [-0.05, 0) is 31.2 Å². The zero-order chi connectivity index (χ0) is 19.1. The number of halogens is 4. The maximum atomic E-state index is 14.4. The molecule has 1 amide bonds. The lowest BCUT2D eigenvalue weighted by Gasteiger charge is -2.07. The minimum atomic E-state index is -4.63. The van der Waals surface area contributed by atoms with Crippen molar-refractivity contribution < 1.29 is 26.9 Å². The average Bonchev–Trinajstić information content (AvgIpc) is 3.13. The van der Waals surface area contributed by atoms with Crippen LogP contribution in [0.3, 0.4) is 0 Å². The Hall–Kier alpha value is -3.17. The van der Waals surface area contributed by atoms with Gasteiger partial charge in [0.15, 0.2) is 5.69 Å². The molecule has 1 aromatic carbocycles. The Morgan fingerprint density at radius 3 is 2.54 bits per heavy atom. The Morgan fingerprint density at radius 2 is 2.00 bits per heavy atom. The fraction of sp³-hybridized carbons (Fsp3) is 0.188. The number of carbonyl (C=O) groups is 1. The summed E-state index contributed by atoms with van der Waals surface area (Å²) >= 11 is 0. The Bertz CT molecular complexity index is 975. The van der Waals surface area contributed by atoms with E-state index in [1.807, 2.05) is 0 Å². The molecule has 2 heterocycles. The van der Waals surface area contributed by atoms with E-state index in [0.29, 0.717) is 5.56 Å². The Labute approximate surface area is 144 Å². The summed E-state index contributed by atoms with van der Waals surface area (Å²) in [6.45, 7) is 1.62. The fourth-order valence-corrected chi connectivity index (χ4v) is 2.36. The lowest BCUT2D eigenvalue weighted by molar-refractivity contribution is -0.141. The van der Waals surface area contributed by atoms with Crippen LogP contribution >= 0.6 is 0 Å². The highest BCUT2D eigenvalue weighted by atomic mass is 19.4. The van der Waals surface area contributed by atoms with Gasteiger partial charge in [-0.15, -0.1) is 0 Å². The third-order valence-corrected chi connectivity index (χ3v) is 3.63. The predicted octanol–water partition coefficient (Wildman–Crippen LogP) is 3.79. The molecule has 0 aliphatic heterocycles. The second-order valence-electron chi connectivity index (χ2n) is 5.52. The largest absolute Gasteiger partial charge is 0.435 e. The van der Waals surface area contributed by atoms with Crippen LogP contribution in [-0.2, 0) is 13.2 Å². The molecule has 0 aliphatic carbocycles. The fourth-order valence-electron chi connectivity index (χ4n) is 2.36. The molecule has 0 saturated carbocycles. The van der Waals surface area contributed by atoms with Crippen LogP contribution in [0.5, 0.6) is 0 Å². The van der Waals surface area contributed by atoms with E-state index in [1.54, 1.807) is 6.92 Å². The maximum Gasteiger partial charge on any atom is 0.435 e. The number of hydrogen-bond donors (Lipinski definition) is 1. The smallest absolute Gasteiger partial charge is 0.351 e. The van der Waals surface area contributed by atoms with E-state index in [-0.39, 0.29) is 22.7 Å². The quantitative estimate of drug-likeness (QED) is 0.714. The molecule has 136 valence electrons. The first-order valence-corrected chi connectivity index (χ1v) is 7.30. The summed E-state index contributed by atoms with van der Waals surface area (Å²) in [6.07, 6.45) is -3.27. The molecular weight excluding hydrogens is 356 g/mol. The van der Waals surface area contributed by atoms with E-state index < -0.39 is 23.6 Å². The third kappa shape index (κ3) is 3.30. The highest BCUT2D eigenvalue weighted by Crippen LogP contribution is 2.32. The summed E-state index contributed by atoms with van der Waals surface area (Å²) in [7, 11) is 1.28. The van der Waals surface area contributed by atoms with E-state index >= 15 is 0 Å². The van der Waals surface area contributed by atoms with Crippen LogP contribution < -0.4 is 5.32 Å². The first kappa shape index (κ1) is 17.6. The molecule has 0 radical (unpaired) electrons. The van der Waals surface area contributed by atoms with Crippen LogP contribution in [0.15, 0.2) is 35.0 Å². The van der Waals surface area contributed by atoms with Crippen LogP contribution in [0.4, 0.5) is 23.2 Å². The normalized spacial score (nSPS) is 11.6. The van der Waals surface area contributed by atoms with Crippen molar-refractivity contribution in [2.24, 2.45) is 7.05 Å². The van der Waals surface area contributed by atoms with Gasteiger partial charge in [-0.3, -0.25) is 9.48 Å². The van der Waals surface area contributed by atoms with Crippen molar-refractivity contribution in [2.75, 3.05) is 5.32 Å². The highest BCUT2D eigenvalue weighted by molar-refractivity contribution is 6.03. The molecule has 3 aromatic rings. The van der Waals surface area contributed by atoms with E-state index in [1.165, 1.54) is 25.4 Å². The number of aryl methyl sites for hydroxylation is 2. The van der Waals surface area contributed by atoms with Gasteiger partial charge in [0.05, 0.1) is 11.9 Å². The molecule has 0 aliphatic rings. The summed E-state index contributed by atoms with van der Waals surface area (Å²) in [6, 6.07) is 4.38. The second-order valence-corrected chi connectivity index (χ2v) is 5.52. The number of carbonyl (C=O) groups excluding carboxylic acids is 1. The Kier molecular flexibility index (Phi) is 4.26. The standard InChI is InChI=1S/C16H12F4N4O2/c1-8-7-21-26-14(8)15(25)22-9-3-4-10(11(17)5-9)12-6-13(16(18,19)20)23-24(12)2/h3-7H,1-2H3,(H,22,25). The van der Waals surface area contributed by atoms with Gasteiger partial charge in [0.2, 0.25) is 5.76 Å². The zero-order valence-electron chi connectivity index (χ0n) is 13.6. The van der Waals surface area contributed by atoms with Crippen molar-refractivity contribution in [3.05, 3.63) is 53.3 Å². The van der Waals surface area contributed by atoms with E-state index in [0.717, 1.165) is 16.8 Å². The van der Waals surface area contributed by atoms with E-state index in [2.05, 4.69) is 15.6 Å². The number of nitrogens with one attached hydrogen (secondary N) is 1.